The summed E-state index contributed by atoms with van der Waals surface area (Å²) < 4.78 is 11.5. The number of carboxylic acids is 1. The average Bonchev–Trinajstić information content (AvgIpc) is 2.67. The number of carboxylic acid groups (broad SMARTS) is 1. The van der Waals surface area contributed by atoms with Crippen molar-refractivity contribution in [2.45, 2.75) is 25.0 Å². The van der Waals surface area contributed by atoms with Crippen LogP contribution in [0.15, 0.2) is 42.5 Å². The van der Waals surface area contributed by atoms with Gasteiger partial charge in [0.05, 0.1) is 24.8 Å². The minimum atomic E-state index is -0.903. The molecule has 0 aliphatic carbocycles. The van der Waals surface area contributed by atoms with Crippen LogP contribution in [0.3, 0.4) is 0 Å². The van der Waals surface area contributed by atoms with Crippen molar-refractivity contribution < 1.29 is 19.4 Å². The number of fused-ring (bicyclic) bond motifs is 3. The van der Waals surface area contributed by atoms with E-state index in [0.29, 0.717) is 11.5 Å². The first-order valence-electron chi connectivity index (χ1n) is 8.56. The highest BCUT2D eigenvalue weighted by molar-refractivity contribution is 5.87. The Labute approximate surface area is 146 Å². The Kier molecular flexibility index (Phi) is 4.09. The molecule has 0 unspecified atom stereocenters. The molecular formula is C20H21NO4. The minimum Gasteiger partial charge on any atom is -0.497 e. The van der Waals surface area contributed by atoms with E-state index in [4.69, 9.17) is 14.6 Å². The molecule has 2 aromatic carbocycles. The Bertz CT molecular complexity index is 787. The lowest BCUT2D eigenvalue weighted by Crippen LogP contribution is -2.36. The summed E-state index contributed by atoms with van der Waals surface area (Å²) in [5.41, 5.74) is 3.59. The van der Waals surface area contributed by atoms with E-state index in [9.17, 15) is 4.79 Å². The maximum Gasteiger partial charge on any atom is 0.335 e. The fraction of sp³-hybridized carbons (Fsp3) is 0.350. The van der Waals surface area contributed by atoms with Gasteiger partial charge >= 0.3 is 5.97 Å². The lowest BCUT2D eigenvalue weighted by Gasteiger charge is -2.43. The molecule has 2 aliphatic heterocycles. The number of ether oxygens (including phenoxy) is 2. The molecule has 2 aromatic rings. The zero-order valence-corrected chi connectivity index (χ0v) is 14.1. The summed E-state index contributed by atoms with van der Waals surface area (Å²) in [4.78, 5) is 11.1. The van der Waals surface area contributed by atoms with Crippen LogP contribution in [0.25, 0.3) is 0 Å². The summed E-state index contributed by atoms with van der Waals surface area (Å²) in [7, 11) is 1.67. The normalized spacial score (nSPS) is 24.6. The molecule has 5 nitrogen and oxygen atoms in total. The maximum absolute atomic E-state index is 11.1. The molecule has 0 aromatic heterocycles. The van der Waals surface area contributed by atoms with Gasteiger partial charge in [-0.2, -0.15) is 0 Å². The highest BCUT2D eigenvalue weighted by Gasteiger charge is 2.39. The second kappa shape index (κ2) is 6.41. The Hall–Kier alpha value is -2.53. The number of carbonyl (C=O) groups is 1. The van der Waals surface area contributed by atoms with Crippen LogP contribution in [0, 0.1) is 5.92 Å². The number of hydrogen-bond acceptors (Lipinski definition) is 4. The van der Waals surface area contributed by atoms with Crippen molar-refractivity contribution in [2.24, 2.45) is 5.92 Å². The van der Waals surface area contributed by atoms with Gasteiger partial charge in [-0.05, 0) is 48.7 Å². The highest BCUT2D eigenvalue weighted by Crippen LogP contribution is 2.49. The molecule has 0 radical (unpaired) electrons. The monoisotopic (exact) mass is 339 g/mol. The molecule has 0 bridgehead atoms. The number of hydrogen-bond donors (Lipinski definition) is 2. The third-order valence-electron chi connectivity index (χ3n) is 5.19. The largest absolute Gasteiger partial charge is 0.497 e. The maximum atomic E-state index is 11.1. The fourth-order valence-corrected chi connectivity index (χ4v) is 3.94. The van der Waals surface area contributed by atoms with Crippen molar-refractivity contribution in [3.63, 3.8) is 0 Å². The number of rotatable bonds is 3. The van der Waals surface area contributed by atoms with Crippen molar-refractivity contribution in [1.29, 1.82) is 0 Å². The molecule has 3 atom stereocenters. The van der Waals surface area contributed by atoms with Crippen LogP contribution in [0.4, 0.5) is 5.69 Å². The minimum absolute atomic E-state index is 0.0317. The summed E-state index contributed by atoms with van der Waals surface area (Å²) in [6.07, 6.45) is 2.13. The van der Waals surface area contributed by atoms with Gasteiger partial charge < -0.3 is 19.9 Å². The molecule has 25 heavy (non-hydrogen) atoms. The van der Waals surface area contributed by atoms with Gasteiger partial charge in [0, 0.05) is 23.8 Å². The van der Waals surface area contributed by atoms with Crippen LogP contribution in [-0.2, 0) is 4.74 Å². The van der Waals surface area contributed by atoms with Crippen LogP contribution in [0.5, 0.6) is 5.75 Å². The van der Waals surface area contributed by atoms with Crippen LogP contribution < -0.4 is 10.1 Å². The summed E-state index contributed by atoms with van der Waals surface area (Å²) in [6, 6.07) is 13.3. The van der Waals surface area contributed by atoms with Gasteiger partial charge in [0.2, 0.25) is 0 Å². The molecule has 0 saturated carbocycles. The molecule has 0 spiro atoms. The van der Waals surface area contributed by atoms with Crippen LogP contribution in [-0.4, -0.2) is 24.8 Å². The molecular weight excluding hydrogens is 318 g/mol. The summed E-state index contributed by atoms with van der Waals surface area (Å²) >= 11 is 0. The molecule has 2 heterocycles. The SMILES string of the molecule is COc1ccc2c(c1)[C@H]1OCCC[C@H]1[C@H](c1ccc(C(=O)O)cc1)N2. The lowest BCUT2D eigenvalue weighted by atomic mass is 9.77. The average molecular weight is 339 g/mol. The van der Waals surface area contributed by atoms with E-state index in [0.717, 1.165) is 42.0 Å². The van der Waals surface area contributed by atoms with Crippen LogP contribution in [0.2, 0.25) is 0 Å². The lowest BCUT2D eigenvalue weighted by molar-refractivity contribution is -0.0382. The molecule has 0 amide bonds. The molecule has 5 heteroatoms. The third-order valence-corrected chi connectivity index (χ3v) is 5.19. The van der Waals surface area contributed by atoms with Crippen molar-refractivity contribution in [3.05, 3.63) is 59.2 Å². The Balaban J connectivity index is 1.72. The van der Waals surface area contributed by atoms with Crippen molar-refractivity contribution in [1.82, 2.24) is 0 Å². The van der Waals surface area contributed by atoms with E-state index in [1.165, 1.54) is 0 Å². The number of aromatic carboxylic acids is 1. The predicted octanol–water partition coefficient (Wildman–Crippen LogP) is 4.03. The molecule has 2 N–H and O–H groups in total. The Morgan fingerprint density at radius 1 is 1.24 bits per heavy atom. The van der Waals surface area contributed by atoms with Crippen molar-refractivity contribution in [3.8, 4) is 5.75 Å². The number of methoxy groups -OCH3 is 1. The molecule has 130 valence electrons. The zero-order chi connectivity index (χ0) is 17.4. The van der Waals surface area contributed by atoms with Crippen LogP contribution >= 0.6 is 0 Å². The first-order valence-corrected chi connectivity index (χ1v) is 8.56. The molecule has 1 saturated heterocycles. The van der Waals surface area contributed by atoms with Gasteiger partial charge in [0.25, 0.3) is 0 Å². The van der Waals surface area contributed by atoms with Crippen LogP contribution in [0.1, 0.15) is 46.5 Å². The van der Waals surface area contributed by atoms with E-state index in [1.54, 1.807) is 19.2 Å². The third kappa shape index (κ3) is 2.85. The van der Waals surface area contributed by atoms with E-state index in [1.807, 2.05) is 24.3 Å². The van der Waals surface area contributed by atoms with Gasteiger partial charge in [-0.25, -0.2) is 4.79 Å². The molecule has 1 fully saturated rings. The van der Waals surface area contributed by atoms with Crippen molar-refractivity contribution in [2.75, 3.05) is 19.0 Å². The molecule has 2 aliphatic rings. The number of anilines is 1. The Morgan fingerprint density at radius 3 is 2.76 bits per heavy atom. The summed E-state index contributed by atoms with van der Waals surface area (Å²) in [5, 5.41) is 12.7. The topological polar surface area (TPSA) is 67.8 Å². The molecule has 4 rings (SSSR count). The van der Waals surface area contributed by atoms with E-state index >= 15 is 0 Å². The van der Waals surface area contributed by atoms with Gasteiger partial charge in [-0.15, -0.1) is 0 Å². The quantitative estimate of drug-likeness (QED) is 0.884. The smallest absolute Gasteiger partial charge is 0.335 e. The van der Waals surface area contributed by atoms with Crippen molar-refractivity contribution >= 4 is 11.7 Å². The van der Waals surface area contributed by atoms with Gasteiger partial charge in [0.15, 0.2) is 0 Å². The first-order chi connectivity index (χ1) is 12.2. The fourth-order valence-electron chi connectivity index (χ4n) is 3.94. The Morgan fingerprint density at radius 2 is 2.04 bits per heavy atom. The number of benzene rings is 2. The second-order valence-corrected chi connectivity index (χ2v) is 6.60. The van der Waals surface area contributed by atoms with Gasteiger partial charge in [-0.3, -0.25) is 0 Å². The van der Waals surface area contributed by atoms with E-state index in [-0.39, 0.29) is 12.1 Å². The summed E-state index contributed by atoms with van der Waals surface area (Å²) in [5.74, 6) is 0.237. The summed E-state index contributed by atoms with van der Waals surface area (Å²) in [6.45, 7) is 0.766. The van der Waals surface area contributed by atoms with E-state index in [2.05, 4.69) is 11.4 Å². The predicted molar refractivity (Wildman–Crippen MR) is 94.2 cm³/mol. The highest BCUT2D eigenvalue weighted by atomic mass is 16.5. The standard InChI is InChI=1S/C20H21NO4/c1-24-14-8-9-17-16(11-14)19-15(3-2-10-25-19)18(21-17)12-4-6-13(7-5-12)20(22)23/h4-9,11,15,18-19,21H,2-3,10H2,1H3,(H,22,23)/t15-,18-,19-/m0/s1. The van der Waals surface area contributed by atoms with Gasteiger partial charge in [-0.1, -0.05) is 12.1 Å². The second-order valence-electron chi connectivity index (χ2n) is 6.60. The van der Waals surface area contributed by atoms with Gasteiger partial charge in [0.1, 0.15) is 5.75 Å². The van der Waals surface area contributed by atoms with E-state index < -0.39 is 5.97 Å². The zero-order valence-electron chi connectivity index (χ0n) is 14.1. The number of nitrogens with one attached hydrogen (secondary N) is 1. The first kappa shape index (κ1) is 16.0.